The summed E-state index contributed by atoms with van der Waals surface area (Å²) in [4.78, 5) is 19.9. The number of nitrogens with two attached hydrogens (primary N) is 1. The summed E-state index contributed by atoms with van der Waals surface area (Å²) in [5, 5.41) is 0. The standard InChI is InChI=1S/C26H34N4O/c27-17-22-4-1-2-7-25(22)21-8-9-23-18-28(11-10-20(23)16-21)19-26(31)30-14-12-29(13-15-30)24-5-3-6-24/h1-2,4,7-9,16,24H,3,5-6,10-15,17-19,27H2. The van der Waals surface area contributed by atoms with Gasteiger partial charge in [-0.25, -0.2) is 0 Å². The van der Waals surface area contributed by atoms with Crippen LogP contribution in [-0.4, -0.2) is 65.9 Å². The molecule has 1 amide bonds. The number of amides is 1. The molecule has 0 radical (unpaired) electrons. The molecule has 31 heavy (non-hydrogen) atoms. The van der Waals surface area contributed by atoms with Gasteiger partial charge in [0.15, 0.2) is 0 Å². The van der Waals surface area contributed by atoms with Crippen molar-refractivity contribution in [1.82, 2.24) is 14.7 Å². The van der Waals surface area contributed by atoms with Crippen LogP contribution in [0, 0.1) is 0 Å². The largest absolute Gasteiger partial charge is 0.339 e. The Labute approximate surface area is 185 Å². The summed E-state index contributed by atoms with van der Waals surface area (Å²) in [7, 11) is 0. The highest BCUT2D eigenvalue weighted by molar-refractivity contribution is 5.78. The monoisotopic (exact) mass is 418 g/mol. The fourth-order valence-corrected chi connectivity index (χ4v) is 5.27. The molecule has 2 heterocycles. The molecule has 5 heteroatoms. The lowest BCUT2D eigenvalue weighted by molar-refractivity contribution is -0.135. The SMILES string of the molecule is NCc1ccccc1-c1ccc2c(c1)CCN(CC(=O)N1CCN(C3CCC3)CC1)C2. The highest BCUT2D eigenvalue weighted by Gasteiger charge is 2.30. The molecule has 5 nitrogen and oxygen atoms in total. The third-order valence-corrected chi connectivity index (χ3v) is 7.46. The van der Waals surface area contributed by atoms with Crippen LogP contribution in [0.3, 0.4) is 0 Å². The van der Waals surface area contributed by atoms with Crippen molar-refractivity contribution < 1.29 is 4.79 Å². The van der Waals surface area contributed by atoms with Crippen LogP contribution in [0.2, 0.25) is 0 Å². The van der Waals surface area contributed by atoms with Gasteiger partial charge in [0.05, 0.1) is 6.54 Å². The van der Waals surface area contributed by atoms with Gasteiger partial charge >= 0.3 is 0 Å². The van der Waals surface area contributed by atoms with Crippen molar-refractivity contribution in [3.05, 3.63) is 59.2 Å². The number of nitrogens with zero attached hydrogens (tertiary/aromatic N) is 3. The molecule has 0 unspecified atom stereocenters. The third kappa shape index (κ3) is 4.40. The van der Waals surface area contributed by atoms with E-state index in [1.54, 1.807) is 0 Å². The molecule has 5 rings (SSSR count). The molecule has 164 valence electrons. The quantitative estimate of drug-likeness (QED) is 0.811. The Bertz CT molecular complexity index is 931. The van der Waals surface area contributed by atoms with E-state index in [0.717, 1.165) is 51.7 Å². The fourth-order valence-electron chi connectivity index (χ4n) is 5.27. The van der Waals surface area contributed by atoms with E-state index >= 15 is 0 Å². The van der Waals surface area contributed by atoms with Crippen LogP contribution < -0.4 is 5.73 Å². The second-order valence-electron chi connectivity index (χ2n) is 9.31. The number of hydrogen-bond acceptors (Lipinski definition) is 4. The number of benzene rings is 2. The van der Waals surface area contributed by atoms with Crippen molar-refractivity contribution in [3.63, 3.8) is 0 Å². The molecule has 2 aromatic carbocycles. The second kappa shape index (κ2) is 9.11. The van der Waals surface area contributed by atoms with Crippen LogP contribution in [0.5, 0.6) is 0 Å². The molecule has 0 atom stereocenters. The number of carbonyl (C=O) groups excluding carboxylic acids is 1. The summed E-state index contributed by atoms with van der Waals surface area (Å²) in [6.07, 6.45) is 5.07. The molecule has 0 aromatic heterocycles. The average Bonchev–Trinajstić information content (AvgIpc) is 2.78. The van der Waals surface area contributed by atoms with E-state index in [9.17, 15) is 4.79 Å². The zero-order chi connectivity index (χ0) is 21.2. The molecule has 1 aliphatic carbocycles. The van der Waals surface area contributed by atoms with Crippen LogP contribution in [-0.2, 0) is 24.3 Å². The topological polar surface area (TPSA) is 52.8 Å². The molecule has 0 spiro atoms. The van der Waals surface area contributed by atoms with Crippen LogP contribution >= 0.6 is 0 Å². The summed E-state index contributed by atoms with van der Waals surface area (Å²) in [5.41, 5.74) is 12.3. The minimum atomic E-state index is 0.296. The summed E-state index contributed by atoms with van der Waals surface area (Å²) in [5.74, 6) is 0.296. The predicted molar refractivity (Wildman–Crippen MR) is 125 cm³/mol. The van der Waals surface area contributed by atoms with E-state index in [0.29, 0.717) is 19.0 Å². The fraction of sp³-hybridized carbons (Fsp3) is 0.500. The highest BCUT2D eigenvalue weighted by Crippen LogP contribution is 2.29. The van der Waals surface area contributed by atoms with Gasteiger partial charge in [0, 0.05) is 51.9 Å². The Kier molecular flexibility index (Phi) is 6.08. The first-order valence-electron chi connectivity index (χ1n) is 11.9. The Hall–Kier alpha value is -2.21. The van der Waals surface area contributed by atoms with Crippen LogP contribution in [0.1, 0.15) is 36.0 Å². The van der Waals surface area contributed by atoms with Crippen molar-refractivity contribution in [2.45, 2.75) is 44.8 Å². The molecule has 1 saturated carbocycles. The van der Waals surface area contributed by atoms with Gasteiger partial charge in [-0.05, 0) is 47.1 Å². The van der Waals surface area contributed by atoms with Crippen LogP contribution in [0.4, 0.5) is 0 Å². The molecule has 0 bridgehead atoms. The average molecular weight is 419 g/mol. The maximum Gasteiger partial charge on any atom is 0.236 e. The van der Waals surface area contributed by atoms with E-state index in [2.05, 4.69) is 51.1 Å². The van der Waals surface area contributed by atoms with Gasteiger partial charge in [-0.15, -0.1) is 0 Å². The Morgan fingerprint density at radius 1 is 0.968 bits per heavy atom. The Morgan fingerprint density at radius 2 is 1.77 bits per heavy atom. The third-order valence-electron chi connectivity index (χ3n) is 7.46. The lowest BCUT2D eigenvalue weighted by atomic mass is 9.91. The normalized spacial score (nSPS) is 20.4. The van der Waals surface area contributed by atoms with E-state index < -0.39 is 0 Å². The van der Waals surface area contributed by atoms with Gasteiger partial charge in [-0.3, -0.25) is 14.6 Å². The minimum absolute atomic E-state index is 0.296. The van der Waals surface area contributed by atoms with Crippen molar-refractivity contribution >= 4 is 5.91 Å². The van der Waals surface area contributed by atoms with Gasteiger partial charge < -0.3 is 10.6 Å². The van der Waals surface area contributed by atoms with Crippen LogP contribution in [0.15, 0.2) is 42.5 Å². The smallest absolute Gasteiger partial charge is 0.236 e. The zero-order valence-electron chi connectivity index (χ0n) is 18.4. The summed E-state index contributed by atoms with van der Waals surface area (Å²) in [6.45, 7) is 6.79. The van der Waals surface area contributed by atoms with Crippen molar-refractivity contribution in [2.24, 2.45) is 5.73 Å². The zero-order valence-corrected chi connectivity index (χ0v) is 18.4. The molecular weight excluding hydrogens is 384 g/mol. The number of fused-ring (bicyclic) bond motifs is 1. The maximum absolute atomic E-state index is 12.9. The molecule has 2 aromatic rings. The molecular formula is C26H34N4O. The van der Waals surface area contributed by atoms with E-state index in [-0.39, 0.29) is 0 Å². The Morgan fingerprint density at radius 3 is 2.52 bits per heavy atom. The maximum atomic E-state index is 12.9. The second-order valence-corrected chi connectivity index (χ2v) is 9.31. The van der Waals surface area contributed by atoms with Gasteiger partial charge in [0.1, 0.15) is 0 Å². The van der Waals surface area contributed by atoms with Gasteiger partial charge in [-0.1, -0.05) is 48.9 Å². The summed E-state index contributed by atoms with van der Waals surface area (Å²) in [6, 6.07) is 15.9. The number of hydrogen-bond donors (Lipinski definition) is 1. The molecule has 1 saturated heterocycles. The van der Waals surface area contributed by atoms with Crippen molar-refractivity contribution in [2.75, 3.05) is 39.3 Å². The highest BCUT2D eigenvalue weighted by atomic mass is 16.2. The minimum Gasteiger partial charge on any atom is -0.339 e. The predicted octanol–water partition coefficient (Wildman–Crippen LogP) is 2.87. The first-order valence-corrected chi connectivity index (χ1v) is 11.9. The lowest BCUT2D eigenvalue weighted by Gasteiger charge is -2.43. The van der Waals surface area contributed by atoms with Gasteiger partial charge in [0.25, 0.3) is 0 Å². The number of piperazine rings is 1. The van der Waals surface area contributed by atoms with Gasteiger partial charge in [-0.2, -0.15) is 0 Å². The van der Waals surface area contributed by atoms with Crippen molar-refractivity contribution in [1.29, 1.82) is 0 Å². The lowest BCUT2D eigenvalue weighted by Crippen LogP contribution is -2.55. The number of carbonyl (C=O) groups is 1. The first kappa shape index (κ1) is 20.7. The molecule has 2 N–H and O–H groups in total. The van der Waals surface area contributed by atoms with Gasteiger partial charge in [0.2, 0.25) is 5.91 Å². The number of rotatable bonds is 5. The Balaban J connectivity index is 1.19. The molecule has 2 fully saturated rings. The molecule has 2 aliphatic heterocycles. The first-order chi connectivity index (χ1) is 15.2. The van der Waals surface area contributed by atoms with Crippen molar-refractivity contribution in [3.8, 4) is 11.1 Å². The van der Waals surface area contributed by atoms with E-state index in [1.807, 2.05) is 6.07 Å². The molecule has 3 aliphatic rings. The van der Waals surface area contributed by atoms with E-state index in [4.69, 9.17) is 5.73 Å². The van der Waals surface area contributed by atoms with Crippen LogP contribution in [0.25, 0.3) is 11.1 Å². The summed E-state index contributed by atoms with van der Waals surface area (Å²) >= 11 is 0. The summed E-state index contributed by atoms with van der Waals surface area (Å²) < 4.78 is 0. The van der Waals surface area contributed by atoms with E-state index in [1.165, 1.54) is 47.1 Å².